The highest BCUT2D eigenvalue weighted by Gasteiger charge is 2.30. The summed E-state index contributed by atoms with van der Waals surface area (Å²) in [6, 6.07) is 4.15. The minimum absolute atomic E-state index is 0.109. The van der Waals surface area contributed by atoms with Gasteiger partial charge in [-0.1, -0.05) is 0 Å². The fraction of sp³-hybridized carbons (Fsp3) is 0.471. The summed E-state index contributed by atoms with van der Waals surface area (Å²) in [5.41, 5.74) is 0.180. The maximum Gasteiger partial charge on any atom is 0.397 e. The van der Waals surface area contributed by atoms with E-state index in [1.165, 1.54) is 42.2 Å². The van der Waals surface area contributed by atoms with Gasteiger partial charge in [0.05, 0.1) is 13.7 Å². The van der Waals surface area contributed by atoms with Crippen LogP contribution in [0.1, 0.15) is 17.3 Å². The van der Waals surface area contributed by atoms with Gasteiger partial charge in [0, 0.05) is 31.7 Å². The Labute approximate surface area is 163 Å². The van der Waals surface area contributed by atoms with Crippen molar-refractivity contribution in [2.45, 2.75) is 11.8 Å². The summed E-state index contributed by atoms with van der Waals surface area (Å²) in [6.07, 6.45) is 0. The lowest BCUT2D eigenvalue weighted by Crippen LogP contribution is -2.52. The molecule has 1 heterocycles. The van der Waals surface area contributed by atoms with Crippen LogP contribution in [-0.4, -0.2) is 82.9 Å². The second-order valence-corrected chi connectivity index (χ2v) is 7.73. The van der Waals surface area contributed by atoms with E-state index in [0.29, 0.717) is 0 Å². The molecule has 2 rings (SSSR count). The Hall–Kier alpha value is -2.66. The molecule has 0 aliphatic carbocycles. The van der Waals surface area contributed by atoms with Crippen molar-refractivity contribution in [2.75, 3.05) is 46.9 Å². The lowest BCUT2D eigenvalue weighted by Gasteiger charge is -2.34. The average Bonchev–Trinajstić information content (AvgIpc) is 2.72. The smallest absolute Gasteiger partial charge is 0.397 e. The highest BCUT2D eigenvalue weighted by atomic mass is 32.2. The lowest BCUT2D eigenvalue weighted by molar-refractivity contribution is -0.160. The Bertz CT molecular complexity index is 862. The summed E-state index contributed by atoms with van der Waals surface area (Å²) in [6.45, 7) is 2.51. The van der Waals surface area contributed by atoms with Crippen molar-refractivity contribution in [1.82, 2.24) is 14.5 Å². The molecule has 28 heavy (non-hydrogen) atoms. The second-order valence-electron chi connectivity index (χ2n) is 5.88. The maximum atomic E-state index is 12.8. The maximum absolute atomic E-state index is 12.8. The third kappa shape index (κ3) is 4.60. The van der Waals surface area contributed by atoms with Gasteiger partial charge in [-0.15, -0.1) is 0 Å². The van der Waals surface area contributed by atoms with E-state index < -0.39 is 21.9 Å². The number of hydrogen-bond donors (Lipinski definition) is 1. The average molecular weight is 413 g/mol. The third-order valence-corrected chi connectivity index (χ3v) is 5.71. The van der Waals surface area contributed by atoms with Crippen molar-refractivity contribution in [2.24, 2.45) is 0 Å². The van der Waals surface area contributed by atoms with Crippen molar-refractivity contribution in [3.05, 3.63) is 23.8 Å². The van der Waals surface area contributed by atoms with Crippen LogP contribution in [0.15, 0.2) is 23.1 Å². The van der Waals surface area contributed by atoms with Crippen LogP contribution in [0.3, 0.4) is 0 Å². The number of methoxy groups -OCH3 is 1. The van der Waals surface area contributed by atoms with Crippen molar-refractivity contribution in [3.63, 3.8) is 0 Å². The van der Waals surface area contributed by atoms with Crippen LogP contribution < -0.4 is 9.46 Å². The largest absolute Gasteiger partial charge is 0.495 e. The van der Waals surface area contributed by atoms with Gasteiger partial charge in [0.2, 0.25) is 10.0 Å². The first-order chi connectivity index (χ1) is 13.2. The molecule has 1 saturated heterocycles. The van der Waals surface area contributed by atoms with Gasteiger partial charge in [-0.2, -0.15) is 0 Å². The number of hydrogen-bond acceptors (Lipinski definition) is 7. The Morgan fingerprint density at radius 3 is 2.25 bits per heavy atom. The van der Waals surface area contributed by atoms with Gasteiger partial charge in [-0.3, -0.25) is 9.59 Å². The van der Waals surface area contributed by atoms with Crippen LogP contribution in [0, 0.1) is 0 Å². The minimum Gasteiger partial charge on any atom is -0.495 e. The number of amides is 2. The van der Waals surface area contributed by atoms with Gasteiger partial charge in [0.15, 0.2) is 0 Å². The molecule has 0 unspecified atom stereocenters. The lowest BCUT2D eigenvalue weighted by atomic mass is 10.1. The Morgan fingerprint density at radius 2 is 1.71 bits per heavy atom. The number of ether oxygens (including phenoxy) is 2. The van der Waals surface area contributed by atoms with E-state index in [2.05, 4.69) is 4.72 Å². The van der Waals surface area contributed by atoms with Gasteiger partial charge in [0.1, 0.15) is 10.6 Å². The van der Waals surface area contributed by atoms with Crippen molar-refractivity contribution < 1.29 is 32.3 Å². The summed E-state index contributed by atoms with van der Waals surface area (Å²) >= 11 is 0. The van der Waals surface area contributed by atoms with Crippen molar-refractivity contribution in [3.8, 4) is 5.75 Å². The zero-order chi connectivity index (χ0) is 20.9. The number of nitrogens with zero attached hydrogens (tertiary/aromatic N) is 2. The van der Waals surface area contributed by atoms with Gasteiger partial charge < -0.3 is 19.3 Å². The number of nitrogens with one attached hydrogen (secondary N) is 1. The molecule has 1 aliphatic heterocycles. The Kier molecular flexibility index (Phi) is 6.97. The predicted octanol–water partition coefficient (Wildman–Crippen LogP) is -0.549. The normalized spacial score (nSPS) is 14.5. The molecule has 1 aliphatic rings. The summed E-state index contributed by atoms with van der Waals surface area (Å²) < 4.78 is 36.3. The van der Waals surface area contributed by atoms with Crippen LogP contribution >= 0.6 is 0 Å². The number of carbonyl (C=O) groups is 3. The van der Waals surface area contributed by atoms with Crippen LogP contribution in [0.4, 0.5) is 0 Å². The first kappa shape index (κ1) is 21.6. The molecule has 1 fully saturated rings. The minimum atomic E-state index is -3.81. The number of rotatable bonds is 5. The molecule has 0 radical (unpaired) electrons. The molecule has 1 aromatic rings. The molecule has 0 bridgehead atoms. The van der Waals surface area contributed by atoms with Crippen molar-refractivity contribution in [1.29, 1.82) is 0 Å². The second kappa shape index (κ2) is 9.02. The molecule has 11 heteroatoms. The topological polar surface area (TPSA) is 122 Å². The van der Waals surface area contributed by atoms with Crippen LogP contribution in [0.2, 0.25) is 0 Å². The molecule has 0 aromatic heterocycles. The number of benzene rings is 1. The van der Waals surface area contributed by atoms with Gasteiger partial charge in [0.25, 0.3) is 5.91 Å². The molecule has 154 valence electrons. The molecule has 1 aromatic carbocycles. The number of sulfonamides is 1. The Morgan fingerprint density at radius 1 is 1.11 bits per heavy atom. The molecule has 1 N–H and O–H groups in total. The summed E-state index contributed by atoms with van der Waals surface area (Å²) in [7, 11) is -1.21. The standard InChI is InChI=1S/C17H23N3O7S/c1-4-27-17(23)16(22)20-9-7-19(8-10-20)15(21)12-5-6-13(26-3)14(11-12)28(24,25)18-2/h5-6,11,18H,4,7-10H2,1-3H3. The predicted molar refractivity (Wildman–Crippen MR) is 98.4 cm³/mol. The Balaban J connectivity index is 2.13. The number of piperazine rings is 1. The fourth-order valence-electron chi connectivity index (χ4n) is 2.75. The monoisotopic (exact) mass is 413 g/mol. The molecule has 0 spiro atoms. The quantitative estimate of drug-likeness (QED) is 0.508. The van der Waals surface area contributed by atoms with Crippen LogP contribution in [0.5, 0.6) is 5.75 Å². The van der Waals surface area contributed by atoms with E-state index in [1.807, 2.05) is 0 Å². The van der Waals surface area contributed by atoms with Crippen LogP contribution in [0.25, 0.3) is 0 Å². The SMILES string of the molecule is CCOC(=O)C(=O)N1CCN(C(=O)c2ccc(OC)c(S(=O)(=O)NC)c2)CC1. The summed E-state index contributed by atoms with van der Waals surface area (Å²) in [5.74, 6) is -1.91. The van der Waals surface area contributed by atoms with E-state index in [1.54, 1.807) is 6.92 Å². The highest BCUT2D eigenvalue weighted by Crippen LogP contribution is 2.25. The molecular formula is C17H23N3O7S. The van der Waals surface area contributed by atoms with E-state index >= 15 is 0 Å². The van der Waals surface area contributed by atoms with E-state index in [0.717, 1.165) is 0 Å². The van der Waals surface area contributed by atoms with Gasteiger partial charge in [-0.05, 0) is 32.2 Å². The number of esters is 1. The fourth-order valence-corrected chi connectivity index (χ4v) is 3.67. The molecule has 0 saturated carbocycles. The van der Waals surface area contributed by atoms with E-state index in [-0.39, 0.29) is 54.9 Å². The van der Waals surface area contributed by atoms with E-state index in [4.69, 9.17) is 9.47 Å². The first-order valence-electron chi connectivity index (χ1n) is 8.62. The van der Waals surface area contributed by atoms with Crippen LogP contribution in [-0.2, 0) is 24.3 Å². The van der Waals surface area contributed by atoms with Gasteiger partial charge >= 0.3 is 11.9 Å². The zero-order valence-corrected chi connectivity index (χ0v) is 16.7. The summed E-state index contributed by atoms with van der Waals surface area (Å²) in [5, 5.41) is 0. The van der Waals surface area contributed by atoms with Gasteiger partial charge in [-0.25, -0.2) is 17.9 Å². The molecule has 0 atom stereocenters. The van der Waals surface area contributed by atoms with E-state index in [9.17, 15) is 22.8 Å². The van der Waals surface area contributed by atoms with Crippen molar-refractivity contribution >= 4 is 27.8 Å². The molecular weight excluding hydrogens is 390 g/mol. The highest BCUT2D eigenvalue weighted by molar-refractivity contribution is 7.89. The third-order valence-electron chi connectivity index (χ3n) is 4.27. The molecule has 10 nitrogen and oxygen atoms in total. The molecule has 2 amide bonds. The first-order valence-corrected chi connectivity index (χ1v) is 10.1. The number of carbonyl (C=O) groups excluding carboxylic acids is 3. The zero-order valence-electron chi connectivity index (χ0n) is 15.9. The summed E-state index contributed by atoms with van der Waals surface area (Å²) in [4.78, 5) is 38.9.